The molecular weight excluding hydrogens is 647 g/mol. The summed E-state index contributed by atoms with van der Waals surface area (Å²) in [6.45, 7) is 10.3. The van der Waals surface area contributed by atoms with Gasteiger partial charge in [0.15, 0.2) is 0 Å². The molecule has 6 heteroatoms. The van der Waals surface area contributed by atoms with Gasteiger partial charge in [-0.05, 0) is 76.7 Å². The van der Waals surface area contributed by atoms with Crippen LogP contribution < -0.4 is 0 Å². The van der Waals surface area contributed by atoms with Crippen LogP contribution >= 0.6 is 0 Å². The van der Waals surface area contributed by atoms with Gasteiger partial charge in [0.2, 0.25) is 0 Å². The van der Waals surface area contributed by atoms with Crippen LogP contribution in [0.15, 0.2) is 0 Å². The van der Waals surface area contributed by atoms with Gasteiger partial charge in [0.1, 0.15) is 6.10 Å². The van der Waals surface area contributed by atoms with Crippen LogP contribution in [0.3, 0.4) is 0 Å². The third kappa shape index (κ3) is 29.2. The van der Waals surface area contributed by atoms with Crippen molar-refractivity contribution in [2.75, 3.05) is 33.4 Å². The van der Waals surface area contributed by atoms with E-state index in [-0.39, 0.29) is 18.0 Å². The molecule has 1 rings (SSSR count). The highest BCUT2D eigenvalue weighted by Crippen LogP contribution is 2.30. The van der Waals surface area contributed by atoms with Crippen LogP contribution in [0, 0.1) is 5.92 Å². The van der Waals surface area contributed by atoms with Crippen LogP contribution in [0.2, 0.25) is 0 Å². The first-order chi connectivity index (χ1) is 25.5. The Bertz CT molecular complexity index is 775. The van der Waals surface area contributed by atoms with Crippen LogP contribution in [0.5, 0.6) is 0 Å². The Kier molecular flexibility index (Phi) is 34.6. The summed E-state index contributed by atoms with van der Waals surface area (Å²) in [5.41, 5.74) is 0. The highest BCUT2D eigenvalue weighted by atomic mass is 16.5. The molecule has 0 bridgehead atoms. The zero-order valence-corrected chi connectivity index (χ0v) is 35.4. The van der Waals surface area contributed by atoms with E-state index < -0.39 is 0 Å². The van der Waals surface area contributed by atoms with Gasteiger partial charge in [0, 0.05) is 32.5 Å². The molecule has 1 aliphatic rings. The number of esters is 2. The summed E-state index contributed by atoms with van der Waals surface area (Å²) in [6, 6.07) is 0.621. The first-order valence-electron chi connectivity index (χ1n) is 23.1. The summed E-state index contributed by atoms with van der Waals surface area (Å²) in [6.07, 6.45) is 39.0. The van der Waals surface area contributed by atoms with Gasteiger partial charge in [0.05, 0.1) is 13.2 Å². The van der Waals surface area contributed by atoms with E-state index in [1.807, 2.05) is 0 Å². The predicted molar refractivity (Wildman–Crippen MR) is 221 cm³/mol. The average molecular weight is 736 g/mol. The molecule has 0 radical (unpaired) electrons. The normalized spacial score (nSPS) is 16.5. The fourth-order valence-electron chi connectivity index (χ4n) is 8.08. The Morgan fingerprint density at radius 2 is 1.08 bits per heavy atom. The number of hydrogen-bond donors (Lipinski definition) is 0. The number of ether oxygens (including phenoxy) is 3. The molecule has 0 aromatic heterocycles. The van der Waals surface area contributed by atoms with Crippen molar-refractivity contribution in [3.63, 3.8) is 0 Å². The second-order valence-electron chi connectivity index (χ2n) is 16.3. The zero-order valence-electron chi connectivity index (χ0n) is 35.4. The summed E-state index contributed by atoms with van der Waals surface area (Å²) in [7, 11) is 1.80. The van der Waals surface area contributed by atoms with Crippen LogP contribution in [0.25, 0.3) is 0 Å². The summed E-state index contributed by atoms with van der Waals surface area (Å²) in [5.74, 6) is 0.774. The van der Waals surface area contributed by atoms with Gasteiger partial charge in [-0.15, -0.1) is 0 Å². The lowest BCUT2D eigenvalue weighted by atomic mass is 9.85. The van der Waals surface area contributed by atoms with Crippen LogP contribution in [0.4, 0.5) is 0 Å². The molecule has 0 spiro atoms. The maximum absolute atomic E-state index is 12.9. The highest BCUT2D eigenvalue weighted by Gasteiger charge is 2.27. The summed E-state index contributed by atoms with van der Waals surface area (Å²) >= 11 is 0. The molecular formula is C46H89NO5. The first kappa shape index (κ1) is 48.9. The third-order valence-electron chi connectivity index (χ3n) is 11.5. The van der Waals surface area contributed by atoms with Gasteiger partial charge in [-0.3, -0.25) is 14.5 Å². The van der Waals surface area contributed by atoms with E-state index in [1.165, 1.54) is 154 Å². The molecule has 1 heterocycles. The molecule has 308 valence electrons. The van der Waals surface area contributed by atoms with Crippen LogP contribution in [-0.2, 0) is 23.8 Å². The Labute approximate surface area is 324 Å². The molecule has 0 aliphatic carbocycles. The van der Waals surface area contributed by atoms with E-state index in [0.717, 1.165) is 70.6 Å². The SMILES string of the molecule is CCCCCCCCCOC(=O)CCCCCCC1CC(CCCCC(=O)OC(CCCCCCCC)CCCCCCCC)CCN1CCOC. The topological polar surface area (TPSA) is 65.1 Å². The van der Waals surface area contributed by atoms with Crippen molar-refractivity contribution in [2.45, 2.75) is 245 Å². The lowest BCUT2D eigenvalue weighted by Gasteiger charge is -2.40. The Balaban J connectivity index is 2.31. The third-order valence-corrected chi connectivity index (χ3v) is 11.5. The van der Waals surface area contributed by atoms with Crippen molar-refractivity contribution in [3.8, 4) is 0 Å². The number of likely N-dealkylation sites (tertiary alicyclic amines) is 1. The number of carbonyl (C=O) groups excluding carboxylic acids is 2. The minimum Gasteiger partial charge on any atom is -0.466 e. The van der Waals surface area contributed by atoms with E-state index in [0.29, 0.717) is 25.5 Å². The standard InChI is InChI=1S/C46H89NO5/c1-5-8-11-14-17-22-29-39-51-45(48)34-26-21-20-23-31-43-41-42(36-37-47(43)38-40-50-4)30-27-28-35-46(49)52-44(32-24-18-15-12-9-6-2)33-25-19-16-13-10-7-3/h42-44H,5-41H2,1-4H3. The van der Waals surface area contributed by atoms with E-state index in [2.05, 4.69) is 25.7 Å². The number of unbranched alkanes of at least 4 members (excludes halogenated alkanes) is 20. The Morgan fingerprint density at radius 3 is 1.69 bits per heavy atom. The number of carbonyl (C=O) groups is 2. The van der Waals surface area contributed by atoms with Gasteiger partial charge < -0.3 is 14.2 Å². The predicted octanol–water partition coefficient (Wildman–Crippen LogP) is 13.3. The molecule has 6 nitrogen and oxygen atoms in total. The smallest absolute Gasteiger partial charge is 0.306 e. The summed E-state index contributed by atoms with van der Waals surface area (Å²) in [4.78, 5) is 27.7. The quantitative estimate of drug-likeness (QED) is 0.0465. The second-order valence-corrected chi connectivity index (χ2v) is 16.3. The zero-order chi connectivity index (χ0) is 37.7. The summed E-state index contributed by atoms with van der Waals surface area (Å²) < 4.78 is 17.0. The molecule has 1 aliphatic heterocycles. The fraction of sp³-hybridized carbons (Fsp3) is 0.957. The minimum atomic E-state index is -0.0127. The van der Waals surface area contributed by atoms with E-state index in [1.54, 1.807) is 7.11 Å². The molecule has 0 N–H and O–H groups in total. The number of nitrogens with zero attached hydrogens (tertiary/aromatic N) is 1. The maximum atomic E-state index is 12.9. The number of hydrogen-bond acceptors (Lipinski definition) is 6. The van der Waals surface area contributed by atoms with Gasteiger partial charge >= 0.3 is 11.9 Å². The Morgan fingerprint density at radius 1 is 0.577 bits per heavy atom. The molecule has 52 heavy (non-hydrogen) atoms. The monoisotopic (exact) mass is 736 g/mol. The van der Waals surface area contributed by atoms with Gasteiger partial charge in [-0.25, -0.2) is 0 Å². The number of methoxy groups -OCH3 is 1. The molecule has 2 unspecified atom stereocenters. The van der Waals surface area contributed by atoms with Gasteiger partial charge in [-0.2, -0.15) is 0 Å². The lowest BCUT2D eigenvalue weighted by Crippen LogP contribution is -2.44. The van der Waals surface area contributed by atoms with Crippen LogP contribution in [-0.4, -0.2) is 62.4 Å². The van der Waals surface area contributed by atoms with Crippen molar-refractivity contribution < 1.29 is 23.8 Å². The van der Waals surface area contributed by atoms with Crippen molar-refractivity contribution in [1.82, 2.24) is 4.90 Å². The number of piperidine rings is 1. The van der Waals surface area contributed by atoms with Gasteiger partial charge in [0.25, 0.3) is 0 Å². The van der Waals surface area contributed by atoms with Crippen molar-refractivity contribution in [2.24, 2.45) is 5.92 Å². The van der Waals surface area contributed by atoms with Crippen molar-refractivity contribution in [3.05, 3.63) is 0 Å². The van der Waals surface area contributed by atoms with Crippen molar-refractivity contribution >= 4 is 11.9 Å². The maximum Gasteiger partial charge on any atom is 0.306 e. The largest absolute Gasteiger partial charge is 0.466 e. The molecule has 0 amide bonds. The second kappa shape index (κ2) is 36.8. The minimum absolute atomic E-state index is 0.0127. The van der Waals surface area contributed by atoms with Crippen molar-refractivity contribution in [1.29, 1.82) is 0 Å². The molecule has 2 atom stereocenters. The van der Waals surface area contributed by atoms with Crippen LogP contribution in [0.1, 0.15) is 233 Å². The molecule has 0 aromatic rings. The lowest BCUT2D eigenvalue weighted by molar-refractivity contribution is -0.150. The van der Waals surface area contributed by atoms with E-state index in [4.69, 9.17) is 14.2 Å². The fourth-order valence-corrected chi connectivity index (χ4v) is 8.08. The Hall–Kier alpha value is -1.14. The molecule has 1 saturated heterocycles. The molecule has 1 fully saturated rings. The summed E-state index contributed by atoms with van der Waals surface area (Å²) in [5, 5.41) is 0. The highest BCUT2D eigenvalue weighted by molar-refractivity contribution is 5.69. The molecule has 0 aromatic carbocycles. The average Bonchev–Trinajstić information content (AvgIpc) is 3.14. The first-order valence-corrected chi connectivity index (χ1v) is 23.1. The van der Waals surface area contributed by atoms with E-state index >= 15 is 0 Å². The molecule has 0 saturated carbocycles. The van der Waals surface area contributed by atoms with Gasteiger partial charge in [-0.1, -0.05) is 156 Å². The van der Waals surface area contributed by atoms with E-state index in [9.17, 15) is 9.59 Å². The number of rotatable bonds is 38.